The predicted octanol–water partition coefficient (Wildman–Crippen LogP) is 4.09. The number of ketones is 1. The summed E-state index contributed by atoms with van der Waals surface area (Å²) in [5.74, 6) is 0.362. The van der Waals surface area contributed by atoms with Crippen molar-refractivity contribution in [3.05, 3.63) is 70.2 Å². The Balaban J connectivity index is 1.95. The number of aromatic nitrogens is 2. The standard InChI is InChI=1S/C15H9ClN2OS/c16-12-9-5-4-8-11(12)14-17-15(20-18-14)13(19)10-6-2-1-3-7-10/h1-9H. The Bertz CT molecular complexity index is 755. The van der Waals surface area contributed by atoms with Gasteiger partial charge in [0.1, 0.15) is 0 Å². The minimum Gasteiger partial charge on any atom is -0.286 e. The summed E-state index contributed by atoms with van der Waals surface area (Å²) in [7, 11) is 0. The maximum atomic E-state index is 12.3. The molecule has 0 bridgehead atoms. The van der Waals surface area contributed by atoms with Gasteiger partial charge in [0.05, 0.1) is 5.02 Å². The average molecular weight is 301 g/mol. The smallest absolute Gasteiger partial charge is 0.223 e. The van der Waals surface area contributed by atoms with Crippen molar-refractivity contribution >= 4 is 28.9 Å². The molecule has 0 unspecified atom stereocenters. The molecule has 0 aliphatic carbocycles. The van der Waals surface area contributed by atoms with Crippen LogP contribution >= 0.6 is 23.1 Å². The van der Waals surface area contributed by atoms with E-state index in [9.17, 15) is 4.79 Å². The minimum absolute atomic E-state index is 0.124. The van der Waals surface area contributed by atoms with E-state index in [-0.39, 0.29) is 5.78 Å². The summed E-state index contributed by atoms with van der Waals surface area (Å²) in [5, 5.41) is 0.940. The van der Waals surface area contributed by atoms with E-state index in [1.165, 1.54) is 0 Å². The molecule has 0 amide bonds. The lowest BCUT2D eigenvalue weighted by Gasteiger charge is -1.97. The molecule has 0 saturated heterocycles. The fourth-order valence-electron chi connectivity index (χ4n) is 1.78. The zero-order valence-electron chi connectivity index (χ0n) is 10.3. The van der Waals surface area contributed by atoms with Gasteiger partial charge in [-0.05, 0) is 23.7 Å². The normalized spacial score (nSPS) is 10.4. The van der Waals surface area contributed by atoms with Gasteiger partial charge in [0.15, 0.2) is 10.8 Å². The first-order chi connectivity index (χ1) is 9.75. The number of hydrogen-bond acceptors (Lipinski definition) is 4. The quantitative estimate of drug-likeness (QED) is 0.684. The molecule has 0 fully saturated rings. The Kier molecular flexibility index (Phi) is 3.58. The van der Waals surface area contributed by atoms with Crippen molar-refractivity contribution in [3.63, 3.8) is 0 Å². The molecule has 0 atom stereocenters. The van der Waals surface area contributed by atoms with Crippen LogP contribution in [0.15, 0.2) is 54.6 Å². The summed E-state index contributed by atoms with van der Waals surface area (Å²) in [6.45, 7) is 0. The fourth-order valence-corrected chi connectivity index (χ4v) is 2.64. The lowest BCUT2D eigenvalue weighted by molar-refractivity contribution is 0.103. The molecule has 0 spiro atoms. The van der Waals surface area contributed by atoms with Gasteiger partial charge in [0.2, 0.25) is 5.78 Å². The van der Waals surface area contributed by atoms with Gasteiger partial charge in [0.25, 0.3) is 0 Å². The summed E-state index contributed by atoms with van der Waals surface area (Å²) in [5.41, 5.74) is 1.34. The van der Waals surface area contributed by atoms with Crippen LogP contribution in [0.4, 0.5) is 0 Å². The van der Waals surface area contributed by atoms with Crippen LogP contribution in [0, 0.1) is 0 Å². The third-order valence-electron chi connectivity index (χ3n) is 2.77. The van der Waals surface area contributed by atoms with E-state index >= 15 is 0 Å². The minimum atomic E-state index is -0.124. The van der Waals surface area contributed by atoms with Gasteiger partial charge in [-0.3, -0.25) is 4.79 Å². The Morgan fingerprint density at radius 3 is 2.45 bits per heavy atom. The van der Waals surface area contributed by atoms with Crippen LogP contribution in [0.3, 0.4) is 0 Å². The molecule has 0 N–H and O–H groups in total. The van der Waals surface area contributed by atoms with Crippen LogP contribution in [-0.4, -0.2) is 15.1 Å². The number of carbonyl (C=O) groups is 1. The number of nitrogens with zero attached hydrogens (tertiary/aromatic N) is 2. The molecule has 1 aromatic heterocycles. The van der Waals surface area contributed by atoms with Gasteiger partial charge in [-0.15, -0.1) is 0 Å². The topological polar surface area (TPSA) is 42.9 Å². The summed E-state index contributed by atoms with van der Waals surface area (Å²) in [6.07, 6.45) is 0. The molecule has 2 aromatic carbocycles. The highest BCUT2D eigenvalue weighted by molar-refractivity contribution is 7.08. The second-order valence-corrected chi connectivity index (χ2v) is 5.26. The first-order valence-corrected chi connectivity index (χ1v) is 7.09. The van der Waals surface area contributed by atoms with Crippen LogP contribution < -0.4 is 0 Å². The molecular weight excluding hydrogens is 292 g/mol. The maximum absolute atomic E-state index is 12.3. The summed E-state index contributed by atoms with van der Waals surface area (Å²) < 4.78 is 4.22. The Morgan fingerprint density at radius 2 is 1.70 bits per heavy atom. The van der Waals surface area contributed by atoms with Crippen LogP contribution in [-0.2, 0) is 0 Å². The van der Waals surface area contributed by atoms with Crippen molar-refractivity contribution in [2.75, 3.05) is 0 Å². The molecule has 0 radical (unpaired) electrons. The second-order valence-electron chi connectivity index (χ2n) is 4.10. The molecule has 98 valence electrons. The molecule has 3 rings (SSSR count). The number of benzene rings is 2. The van der Waals surface area contributed by atoms with E-state index in [1.54, 1.807) is 18.2 Å². The number of halogens is 1. The van der Waals surface area contributed by atoms with E-state index in [1.807, 2.05) is 36.4 Å². The van der Waals surface area contributed by atoms with Gasteiger partial charge < -0.3 is 0 Å². The monoisotopic (exact) mass is 300 g/mol. The van der Waals surface area contributed by atoms with Crippen molar-refractivity contribution in [2.45, 2.75) is 0 Å². The summed E-state index contributed by atoms with van der Waals surface area (Å²) in [6, 6.07) is 16.4. The second kappa shape index (κ2) is 5.53. The van der Waals surface area contributed by atoms with Gasteiger partial charge in [-0.25, -0.2) is 4.98 Å². The third-order valence-corrected chi connectivity index (χ3v) is 3.81. The maximum Gasteiger partial charge on any atom is 0.223 e. The summed E-state index contributed by atoms with van der Waals surface area (Å²) in [4.78, 5) is 16.5. The molecule has 0 aliphatic rings. The van der Waals surface area contributed by atoms with Crippen LogP contribution in [0.25, 0.3) is 11.4 Å². The highest BCUT2D eigenvalue weighted by atomic mass is 35.5. The Labute approximate surface area is 125 Å². The van der Waals surface area contributed by atoms with Gasteiger partial charge in [0, 0.05) is 11.1 Å². The first-order valence-electron chi connectivity index (χ1n) is 5.94. The molecule has 1 heterocycles. The van der Waals surface area contributed by atoms with Crippen molar-refractivity contribution in [3.8, 4) is 11.4 Å². The van der Waals surface area contributed by atoms with Crippen molar-refractivity contribution in [1.82, 2.24) is 9.36 Å². The van der Waals surface area contributed by atoms with E-state index in [2.05, 4.69) is 9.36 Å². The number of hydrogen-bond donors (Lipinski definition) is 0. The predicted molar refractivity (Wildman–Crippen MR) is 80.2 cm³/mol. The third kappa shape index (κ3) is 2.48. The van der Waals surface area contributed by atoms with E-state index < -0.39 is 0 Å². The van der Waals surface area contributed by atoms with E-state index in [0.29, 0.717) is 21.4 Å². The first kappa shape index (κ1) is 13.0. The zero-order valence-corrected chi connectivity index (χ0v) is 11.9. The molecule has 20 heavy (non-hydrogen) atoms. The van der Waals surface area contributed by atoms with Crippen molar-refractivity contribution in [2.24, 2.45) is 0 Å². The highest BCUT2D eigenvalue weighted by Crippen LogP contribution is 2.26. The van der Waals surface area contributed by atoms with Gasteiger partial charge >= 0.3 is 0 Å². The zero-order chi connectivity index (χ0) is 13.9. The lowest BCUT2D eigenvalue weighted by Crippen LogP contribution is -2.00. The highest BCUT2D eigenvalue weighted by Gasteiger charge is 2.16. The molecule has 0 aliphatic heterocycles. The molecule has 3 nitrogen and oxygen atoms in total. The molecular formula is C15H9ClN2OS. The molecule has 0 saturated carbocycles. The lowest BCUT2D eigenvalue weighted by atomic mass is 10.1. The van der Waals surface area contributed by atoms with Crippen LogP contribution in [0.2, 0.25) is 5.02 Å². The SMILES string of the molecule is O=C(c1ccccc1)c1nc(-c2ccccc2Cl)ns1. The van der Waals surface area contributed by atoms with Crippen LogP contribution in [0.1, 0.15) is 15.4 Å². The largest absolute Gasteiger partial charge is 0.286 e. The molecule has 3 aromatic rings. The number of rotatable bonds is 3. The van der Waals surface area contributed by atoms with Crippen molar-refractivity contribution in [1.29, 1.82) is 0 Å². The fraction of sp³-hybridized carbons (Fsp3) is 0. The van der Waals surface area contributed by atoms with E-state index in [4.69, 9.17) is 11.6 Å². The van der Waals surface area contributed by atoms with Crippen LogP contribution in [0.5, 0.6) is 0 Å². The summed E-state index contributed by atoms with van der Waals surface area (Å²) >= 11 is 7.19. The number of carbonyl (C=O) groups excluding carboxylic acids is 1. The molecule has 5 heteroatoms. The van der Waals surface area contributed by atoms with Crippen molar-refractivity contribution < 1.29 is 4.79 Å². The van der Waals surface area contributed by atoms with E-state index in [0.717, 1.165) is 17.1 Å². The van der Waals surface area contributed by atoms with Gasteiger partial charge in [-0.2, -0.15) is 4.37 Å². The average Bonchev–Trinajstić information content (AvgIpc) is 2.97. The Hall–Kier alpha value is -2.04. The Morgan fingerprint density at radius 1 is 1.00 bits per heavy atom. The van der Waals surface area contributed by atoms with Gasteiger partial charge in [-0.1, -0.05) is 54.1 Å².